The molecule has 8 heteroatoms. The van der Waals surface area contributed by atoms with E-state index in [-0.39, 0.29) is 4.90 Å². The molecule has 0 radical (unpaired) electrons. The lowest BCUT2D eigenvalue weighted by Crippen LogP contribution is -2.26. The number of aromatic nitrogens is 2. The van der Waals surface area contributed by atoms with E-state index in [4.69, 9.17) is 5.73 Å². The standard InChI is InChI=1S/C13H17BrN4O2S/c1-10-12(15)7-11(14)8-13(10)21(19,20)17-3-2-5-18-6-4-16-9-18/h4,6-9,17H,2-3,5,15H2,1H3. The van der Waals surface area contributed by atoms with Gasteiger partial charge in [0.05, 0.1) is 11.2 Å². The largest absolute Gasteiger partial charge is 0.398 e. The second-order valence-corrected chi connectivity index (χ2v) is 7.32. The Kier molecular flexibility index (Phi) is 5.02. The molecule has 0 amide bonds. The van der Waals surface area contributed by atoms with Crippen molar-refractivity contribution in [1.29, 1.82) is 0 Å². The van der Waals surface area contributed by atoms with Crippen molar-refractivity contribution in [2.45, 2.75) is 24.8 Å². The smallest absolute Gasteiger partial charge is 0.240 e. The summed E-state index contributed by atoms with van der Waals surface area (Å²) in [6.45, 7) is 2.76. The highest BCUT2D eigenvalue weighted by Crippen LogP contribution is 2.26. The molecule has 0 aliphatic carbocycles. The number of aryl methyl sites for hydroxylation is 1. The number of nitrogens with two attached hydrogens (primary N) is 1. The van der Waals surface area contributed by atoms with Gasteiger partial charge in [-0.2, -0.15) is 0 Å². The number of anilines is 1. The minimum atomic E-state index is -3.56. The second kappa shape index (κ2) is 6.59. The van der Waals surface area contributed by atoms with Crippen LogP contribution in [0.5, 0.6) is 0 Å². The van der Waals surface area contributed by atoms with Crippen LogP contribution in [0.25, 0.3) is 0 Å². The van der Waals surface area contributed by atoms with Gasteiger partial charge in [-0.05, 0) is 31.0 Å². The molecule has 0 unspecified atom stereocenters. The predicted molar refractivity (Wildman–Crippen MR) is 85.3 cm³/mol. The molecule has 0 bridgehead atoms. The van der Waals surface area contributed by atoms with Crippen LogP contribution in [0.4, 0.5) is 5.69 Å². The van der Waals surface area contributed by atoms with Crippen LogP contribution >= 0.6 is 15.9 Å². The van der Waals surface area contributed by atoms with Gasteiger partial charge in [-0.15, -0.1) is 0 Å². The summed E-state index contributed by atoms with van der Waals surface area (Å²) in [5.41, 5.74) is 6.81. The summed E-state index contributed by atoms with van der Waals surface area (Å²) >= 11 is 3.27. The Morgan fingerprint density at radius 1 is 1.43 bits per heavy atom. The minimum absolute atomic E-state index is 0.206. The van der Waals surface area contributed by atoms with Crippen LogP contribution in [0.1, 0.15) is 12.0 Å². The van der Waals surface area contributed by atoms with Crippen LogP contribution in [-0.4, -0.2) is 24.5 Å². The zero-order valence-corrected chi connectivity index (χ0v) is 14.0. The van der Waals surface area contributed by atoms with Crippen molar-refractivity contribution < 1.29 is 8.42 Å². The monoisotopic (exact) mass is 372 g/mol. The van der Waals surface area contributed by atoms with Gasteiger partial charge in [-0.25, -0.2) is 18.1 Å². The van der Waals surface area contributed by atoms with Gasteiger partial charge in [-0.1, -0.05) is 15.9 Å². The fourth-order valence-electron chi connectivity index (χ4n) is 1.92. The lowest BCUT2D eigenvalue weighted by atomic mass is 10.2. The SMILES string of the molecule is Cc1c(N)cc(Br)cc1S(=O)(=O)NCCCn1ccnc1. The molecule has 1 aromatic carbocycles. The fourth-order valence-corrected chi connectivity index (χ4v) is 3.92. The maximum Gasteiger partial charge on any atom is 0.240 e. The molecule has 0 fully saturated rings. The van der Waals surface area contributed by atoms with Crippen LogP contribution in [0.15, 0.2) is 40.2 Å². The molecule has 6 nitrogen and oxygen atoms in total. The highest BCUT2D eigenvalue weighted by Gasteiger charge is 2.18. The quantitative estimate of drug-likeness (QED) is 0.598. The van der Waals surface area contributed by atoms with E-state index in [9.17, 15) is 8.42 Å². The molecule has 0 aliphatic rings. The summed E-state index contributed by atoms with van der Waals surface area (Å²) in [4.78, 5) is 4.14. The molecule has 0 spiro atoms. The van der Waals surface area contributed by atoms with Crippen LogP contribution in [0, 0.1) is 6.92 Å². The van der Waals surface area contributed by atoms with Gasteiger partial charge in [0, 0.05) is 35.6 Å². The Labute approximate surface area is 132 Å². The van der Waals surface area contributed by atoms with Crippen LogP contribution < -0.4 is 10.5 Å². The fraction of sp³-hybridized carbons (Fsp3) is 0.308. The van der Waals surface area contributed by atoms with Gasteiger partial charge in [0.1, 0.15) is 0 Å². The lowest BCUT2D eigenvalue weighted by molar-refractivity contribution is 0.569. The molecule has 0 aliphatic heterocycles. The molecular formula is C13H17BrN4O2S. The normalized spacial score (nSPS) is 11.7. The number of nitrogens with one attached hydrogen (secondary N) is 1. The third-order valence-corrected chi connectivity index (χ3v) is 5.14. The Morgan fingerprint density at radius 3 is 2.86 bits per heavy atom. The first-order chi connectivity index (χ1) is 9.90. The lowest BCUT2D eigenvalue weighted by Gasteiger charge is -2.12. The Bertz CT molecular complexity index is 714. The Balaban J connectivity index is 2.02. The number of sulfonamides is 1. The summed E-state index contributed by atoms with van der Waals surface area (Å²) < 4.78 is 29.8. The maximum absolute atomic E-state index is 12.3. The van der Waals surface area contributed by atoms with E-state index >= 15 is 0 Å². The van der Waals surface area contributed by atoms with E-state index in [1.54, 1.807) is 31.6 Å². The van der Waals surface area contributed by atoms with E-state index in [1.807, 2.05) is 10.8 Å². The van der Waals surface area contributed by atoms with E-state index < -0.39 is 10.0 Å². The minimum Gasteiger partial charge on any atom is -0.398 e. The number of nitrogens with zero attached hydrogens (tertiary/aromatic N) is 2. The van der Waals surface area contributed by atoms with Crippen LogP contribution in [0.3, 0.4) is 0 Å². The Morgan fingerprint density at radius 2 is 2.19 bits per heavy atom. The van der Waals surface area contributed by atoms with E-state index in [0.717, 1.165) is 0 Å². The topological polar surface area (TPSA) is 90.0 Å². The van der Waals surface area contributed by atoms with Crippen molar-refractivity contribution in [3.8, 4) is 0 Å². The molecule has 21 heavy (non-hydrogen) atoms. The van der Waals surface area contributed by atoms with Crippen molar-refractivity contribution >= 4 is 31.6 Å². The van der Waals surface area contributed by atoms with Gasteiger partial charge in [0.15, 0.2) is 0 Å². The third kappa shape index (κ3) is 4.05. The van der Waals surface area contributed by atoms with Gasteiger partial charge in [0.25, 0.3) is 0 Å². The number of halogens is 1. The van der Waals surface area contributed by atoms with Crippen LogP contribution in [0.2, 0.25) is 0 Å². The molecule has 0 saturated carbocycles. The van der Waals surface area contributed by atoms with Crippen molar-refractivity contribution in [3.63, 3.8) is 0 Å². The van der Waals surface area contributed by atoms with Crippen molar-refractivity contribution in [2.24, 2.45) is 0 Å². The molecule has 2 rings (SSSR count). The molecule has 1 aromatic heterocycles. The molecule has 1 heterocycles. The van der Waals surface area contributed by atoms with Gasteiger partial charge in [0.2, 0.25) is 10.0 Å². The number of benzene rings is 1. The van der Waals surface area contributed by atoms with Crippen LogP contribution in [-0.2, 0) is 16.6 Å². The molecule has 3 N–H and O–H groups in total. The van der Waals surface area contributed by atoms with E-state index in [2.05, 4.69) is 25.6 Å². The summed E-state index contributed by atoms with van der Waals surface area (Å²) in [5.74, 6) is 0. The highest BCUT2D eigenvalue weighted by molar-refractivity contribution is 9.10. The average Bonchev–Trinajstić information content (AvgIpc) is 2.92. The summed E-state index contributed by atoms with van der Waals surface area (Å²) in [6, 6.07) is 3.25. The average molecular weight is 373 g/mol. The molecule has 114 valence electrons. The first-order valence-corrected chi connectivity index (χ1v) is 8.69. The van der Waals surface area contributed by atoms with Gasteiger partial charge < -0.3 is 10.3 Å². The Hall–Kier alpha value is -1.38. The molecule has 0 saturated heterocycles. The summed E-state index contributed by atoms with van der Waals surface area (Å²) in [6.07, 6.45) is 5.91. The van der Waals surface area contributed by atoms with E-state index in [1.165, 1.54) is 0 Å². The predicted octanol–water partition coefficient (Wildman–Crippen LogP) is 1.90. The zero-order valence-electron chi connectivity index (χ0n) is 11.6. The van der Waals surface area contributed by atoms with Crippen molar-refractivity contribution in [1.82, 2.24) is 14.3 Å². The third-order valence-electron chi connectivity index (χ3n) is 3.10. The first-order valence-electron chi connectivity index (χ1n) is 6.41. The number of hydrogen-bond acceptors (Lipinski definition) is 4. The highest BCUT2D eigenvalue weighted by atomic mass is 79.9. The molecule has 2 aromatic rings. The number of nitrogen functional groups attached to an aromatic ring is 1. The first kappa shape index (κ1) is 16.0. The second-order valence-electron chi connectivity index (χ2n) is 4.67. The summed E-state index contributed by atoms with van der Waals surface area (Å²) in [5, 5.41) is 0. The van der Waals surface area contributed by atoms with Crippen molar-refractivity contribution in [2.75, 3.05) is 12.3 Å². The molecule has 0 atom stereocenters. The number of rotatable bonds is 6. The van der Waals surface area contributed by atoms with Crippen molar-refractivity contribution in [3.05, 3.63) is 40.9 Å². The maximum atomic E-state index is 12.3. The van der Waals surface area contributed by atoms with E-state index in [0.29, 0.717) is 35.2 Å². The summed E-state index contributed by atoms with van der Waals surface area (Å²) in [7, 11) is -3.56. The zero-order chi connectivity index (χ0) is 15.5. The number of imidazole rings is 1. The van der Waals surface area contributed by atoms with Gasteiger partial charge in [-0.3, -0.25) is 0 Å². The molecular weight excluding hydrogens is 356 g/mol. The number of hydrogen-bond donors (Lipinski definition) is 2. The van der Waals surface area contributed by atoms with Gasteiger partial charge >= 0.3 is 0 Å².